The third-order valence-electron chi connectivity index (χ3n) is 3.79. The van der Waals surface area contributed by atoms with Crippen LogP contribution in [0, 0.1) is 16.7 Å². The minimum absolute atomic E-state index is 0.128. The highest BCUT2D eigenvalue weighted by Gasteiger charge is 2.36. The largest absolute Gasteiger partial charge is 0.493 e. The summed E-state index contributed by atoms with van der Waals surface area (Å²) in [5, 5.41) is 12.5. The average molecular weight is 260 g/mol. The minimum Gasteiger partial charge on any atom is -0.493 e. The fraction of sp³-hybridized carbons (Fsp3) is 0.533. The predicted octanol–water partition coefficient (Wildman–Crippen LogP) is 2.49. The van der Waals surface area contributed by atoms with E-state index in [-0.39, 0.29) is 5.41 Å². The van der Waals surface area contributed by atoms with E-state index in [9.17, 15) is 0 Å². The normalized spacial score (nSPS) is 16.3. The molecule has 1 aromatic rings. The molecule has 0 spiro atoms. The molecule has 0 aliphatic heterocycles. The topological polar surface area (TPSA) is 54.3 Å². The second-order valence-corrected chi connectivity index (χ2v) is 5.04. The van der Waals surface area contributed by atoms with Gasteiger partial charge in [0.1, 0.15) is 0 Å². The maximum absolute atomic E-state index is 9.16. The quantitative estimate of drug-likeness (QED) is 0.853. The van der Waals surface area contributed by atoms with Gasteiger partial charge in [0.2, 0.25) is 0 Å². The Hall–Kier alpha value is -1.73. The standard InChI is InChI=1S/C15H20N2O2/c1-18-13-5-4-12(8-14(13)19-2)9-17-11-15(10-16)6-3-7-15/h4-5,8,17H,3,6-7,9,11H2,1-2H3. The van der Waals surface area contributed by atoms with E-state index in [0.717, 1.165) is 43.0 Å². The Morgan fingerprint density at radius 2 is 2.00 bits per heavy atom. The highest BCUT2D eigenvalue weighted by atomic mass is 16.5. The molecule has 0 aromatic heterocycles. The van der Waals surface area contributed by atoms with Gasteiger partial charge in [-0.1, -0.05) is 12.5 Å². The van der Waals surface area contributed by atoms with E-state index in [0.29, 0.717) is 0 Å². The summed E-state index contributed by atoms with van der Waals surface area (Å²) in [6.45, 7) is 1.50. The summed E-state index contributed by atoms with van der Waals surface area (Å²) in [4.78, 5) is 0. The fourth-order valence-electron chi connectivity index (χ4n) is 2.37. The van der Waals surface area contributed by atoms with Crippen LogP contribution in [0.5, 0.6) is 11.5 Å². The Kier molecular flexibility index (Phi) is 4.28. The molecule has 0 atom stereocenters. The first kappa shape index (κ1) is 13.7. The Morgan fingerprint density at radius 1 is 1.26 bits per heavy atom. The van der Waals surface area contributed by atoms with E-state index in [1.165, 1.54) is 6.42 Å². The van der Waals surface area contributed by atoms with Crippen LogP contribution in [0.4, 0.5) is 0 Å². The summed E-state index contributed by atoms with van der Waals surface area (Å²) in [7, 11) is 3.26. The lowest BCUT2D eigenvalue weighted by atomic mass is 9.70. The molecule has 0 bridgehead atoms. The van der Waals surface area contributed by atoms with Crippen LogP contribution in [-0.2, 0) is 6.54 Å². The van der Waals surface area contributed by atoms with E-state index in [4.69, 9.17) is 14.7 Å². The maximum Gasteiger partial charge on any atom is 0.161 e. The molecule has 2 rings (SSSR count). The minimum atomic E-state index is -0.128. The molecule has 0 radical (unpaired) electrons. The summed E-state index contributed by atoms with van der Waals surface area (Å²) in [5.41, 5.74) is 1.00. The van der Waals surface area contributed by atoms with Crippen molar-refractivity contribution in [3.05, 3.63) is 23.8 Å². The molecule has 1 aliphatic carbocycles. The SMILES string of the molecule is COc1ccc(CNCC2(C#N)CCC2)cc1OC. The molecule has 4 heteroatoms. The number of ether oxygens (including phenoxy) is 2. The number of hydrogen-bond acceptors (Lipinski definition) is 4. The lowest BCUT2D eigenvalue weighted by Gasteiger charge is -2.35. The molecule has 102 valence electrons. The lowest BCUT2D eigenvalue weighted by Crippen LogP contribution is -2.38. The van der Waals surface area contributed by atoms with Gasteiger partial charge in [0.15, 0.2) is 11.5 Å². The predicted molar refractivity (Wildman–Crippen MR) is 73.1 cm³/mol. The van der Waals surface area contributed by atoms with Gasteiger partial charge in [-0.2, -0.15) is 5.26 Å². The molecule has 0 heterocycles. The van der Waals surface area contributed by atoms with Gasteiger partial charge in [0.05, 0.1) is 25.7 Å². The summed E-state index contributed by atoms with van der Waals surface area (Å²) in [6, 6.07) is 8.31. The van der Waals surface area contributed by atoms with Gasteiger partial charge in [-0.15, -0.1) is 0 Å². The number of methoxy groups -OCH3 is 2. The number of benzene rings is 1. The molecular weight excluding hydrogens is 240 g/mol. The first-order valence-corrected chi connectivity index (χ1v) is 6.56. The third kappa shape index (κ3) is 2.99. The number of nitrogens with one attached hydrogen (secondary N) is 1. The zero-order valence-corrected chi connectivity index (χ0v) is 11.5. The highest BCUT2D eigenvalue weighted by Crippen LogP contribution is 2.39. The van der Waals surface area contributed by atoms with Crippen molar-refractivity contribution in [1.29, 1.82) is 5.26 Å². The van der Waals surface area contributed by atoms with Crippen LogP contribution < -0.4 is 14.8 Å². The van der Waals surface area contributed by atoms with Gasteiger partial charge in [-0.05, 0) is 30.5 Å². The van der Waals surface area contributed by atoms with Gasteiger partial charge in [0, 0.05) is 13.1 Å². The molecule has 19 heavy (non-hydrogen) atoms. The summed E-state index contributed by atoms with van der Waals surface area (Å²) in [6.07, 6.45) is 3.20. The molecule has 1 fully saturated rings. The van der Waals surface area contributed by atoms with Crippen molar-refractivity contribution in [2.75, 3.05) is 20.8 Å². The van der Waals surface area contributed by atoms with E-state index in [1.54, 1.807) is 14.2 Å². The van der Waals surface area contributed by atoms with Crippen molar-refractivity contribution in [3.63, 3.8) is 0 Å². The summed E-state index contributed by atoms with van der Waals surface area (Å²) in [5.74, 6) is 1.47. The van der Waals surface area contributed by atoms with E-state index >= 15 is 0 Å². The number of nitrogens with zero attached hydrogens (tertiary/aromatic N) is 1. The van der Waals surface area contributed by atoms with Gasteiger partial charge in [0.25, 0.3) is 0 Å². The van der Waals surface area contributed by atoms with Crippen LogP contribution in [0.1, 0.15) is 24.8 Å². The van der Waals surface area contributed by atoms with Crippen molar-refractivity contribution in [3.8, 4) is 17.6 Å². The Morgan fingerprint density at radius 3 is 2.53 bits per heavy atom. The summed E-state index contributed by atoms with van der Waals surface area (Å²) < 4.78 is 10.5. The molecule has 1 aliphatic rings. The van der Waals surface area contributed by atoms with Crippen molar-refractivity contribution in [2.45, 2.75) is 25.8 Å². The van der Waals surface area contributed by atoms with Crippen molar-refractivity contribution < 1.29 is 9.47 Å². The van der Waals surface area contributed by atoms with Gasteiger partial charge < -0.3 is 14.8 Å². The summed E-state index contributed by atoms with van der Waals surface area (Å²) >= 11 is 0. The lowest BCUT2D eigenvalue weighted by molar-refractivity contribution is 0.206. The Bertz CT molecular complexity index is 476. The van der Waals surface area contributed by atoms with Crippen LogP contribution in [0.25, 0.3) is 0 Å². The van der Waals surface area contributed by atoms with Crippen LogP contribution in [0.3, 0.4) is 0 Å². The molecule has 1 aromatic carbocycles. The Balaban J connectivity index is 1.91. The molecule has 4 nitrogen and oxygen atoms in total. The van der Waals surface area contributed by atoms with Crippen molar-refractivity contribution in [2.24, 2.45) is 5.41 Å². The second kappa shape index (κ2) is 5.94. The van der Waals surface area contributed by atoms with E-state index < -0.39 is 0 Å². The molecule has 1 saturated carbocycles. The van der Waals surface area contributed by atoms with E-state index in [1.807, 2.05) is 18.2 Å². The van der Waals surface area contributed by atoms with Crippen LogP contribution in [0.15, 0.2) is 18.2 Å². The second-order valence-electron chi connectivity index (χ2n) is 5.04. The zero-order valence-electron chi connectivity index (χ0n) is 11.5. The fourth-order valence-corrected chi connectivity index (χ4v) is 2.37. The van der Waals surface area contributed by atoms with Gasteiger partial charge in [-0.25, -0.2) is 0 Å². The average Bonchev–Trinajstić information content (AvgIpc) is 2.41. The smallest absolute Gasteiger partial charge is 0.161 e. The van der Waals surface area contributed by atoms with Crippen LogP contribution in [-0.4, -0.2) is 20.8 Å². The maximum atomic E-state index is 9.16. The molecule has 1 N–H and O–H groups in total. The third-order valence-corrected chi connectivity index (χ3v) is 3.79. The molecule has 0 saturated heterocycles. The monoisotopic (exact) mass is 260 g/mol. The molecular formula is C15H20N2O2. The number of nitriles is 1. The number of rotatable bonds is 6. The van der Waals surface area contributed by atoms with Gasteiger partial charge in [-0.3, -0.25) is 0 Å². The van der Waals surface area contributed by atoms with Crippen LogP contribution in [0.2, 0.25) is 0 Å². The molecule has 0 amide bonds. The van der Waals surface area contributed by atoms with Gasteiger partial charge >= 0.3 is 0 Å². The van der Waals surface area contributed by atoms with Crippen LogP contribution >= 0.6 is 0 Å². The van der Waals surface area contributed by atoms with E-state index in [2.05, 4.69) is 11.4 Å². The molecule has 0 unspecified atom stereocenters. The Labute approximate surface area is 114 Å². The number of hydrogen-bond donors (Lipinski definition) is 1. The van der Waals surface area contributed by atoms with Crippen molar-refractivity contribution >= 4 is 0 Å². The first-order valence-electron chi connectivity index (χ1n) is 6.56. The zero-order chi connectivity index (χ0) is 13.7. The highest BCUT2D eigenvalue weighted by molar-refractivity contribution is 5.42. The van der Waals surface area contributed by atoms with Crippen molar-refractivity contribution in [1.82, 2.24) is 5.32 Å². The first-order chi connectivity index (χ1) is 9.23.